The van der Waals surface area contributed by atoms with Crippen molar-refractivity contribution in [2.75, 3.05) is 12.4 Å². The maximum atomic E-state index is 8.98. The minimum Gasteiger partial charge on any atom is -0.394 e. The number of thioether (sulfide) groups is 1. The monoisotopic (exact) mass is 230 g/mol. The highest BCUT2D eigenvalue weighted by atomic mass is 32.2. The Morgan fingerprint density at radius 1 is 1.53 bits per heavy atom. The van der Waals surface area contributed by atoms with Crippen LogP contribution in [0.5, 0.6) is 0 Å². The largest absolute Gasteiger partial charge is 0.394 e. The third-order valence-corrected chi connectivity index (χ3v) is 3.34. The van der Waals surface area contributed by atoms with E-state index < -0.39 is 5.54 Å². The molecule has 0 saturated carbocycles. The molecule has 0 amide bonds. The quantitative estimate of drug-likeness (QED) is 0.712. The van der Waals surface area contributed by atoms with Gasteiger partial charge in [-0.05, 0) is 20.3 Å². The highest BCUT2D eigenvalue weighted by Gasteiger charge is 2.17. The Labute approximate surface area is 94.1 Å². The molecule has 1 unspecified atom stereocenters. The van der Waals surface area contributed by atoms with Crippen LogP contribution in [0.25, 0.3) is 0 Å². The predicted octanol–water partition coefficient (Wildman–Crippen LogP) is 0.315. The van der Waals surface area contributed by atoms with E-state index in [9.17, 15) is 0 Å². The lowest BCUT2D eigenvalue weighted by Crippen LogP contribution is -2.40. The van der Waals surface area contributed by atoms with E-state index in [1.54, 1.807) is 11.8 Å². The number of hydrogen-bond acceptors (Lipinski definition) is 5. The van der Waals surface area contributed by atoms with Crippen LogP contribution >= 0.6 is 11.8 Å². The fraction of sp³-hybridized carbons (Fsp3) is 0.778. The van der Waals surface area contributed by atoms with Crippen LogP contribution in [0.2, 0.25) is 0 Å². The molecule has 15 heavy (non-hydrogen) atoms. The minimum absolute atomic E-state index is 0.00536. The average molecular weight is 230 g/mol. The van der Waals surface area contributed by atoms with E-state index >= 15 is 0 Å². The van der Waals surface area contributed by atoms with Gasteiger partial charge in [-0.1, -0.05) is 11.8 Å². The number of nitrogens with two attached hydrogens (primary N) is 1. The van der Waals surface area contributed by atoms with Crippen LogP contribution in [-0.2, 0) is 7.05 Å². The van der Waals surface area contributed by atoms with Gasteiger partial charge in [-0.25, -0.2) is 0 Å². The van der Waals surface area contributed by atoms with Crippen molar-refractivity contribution in [1.82, 2.24) is 14.8 Å². The van der Waals surface area contributed by atoms with Crippen molar-refractivity contribution in [1.29, 1.82) is 0 Å². The van der Waals surface area contributed by atoms with Crippen LogP contribution in [0.4, 0.5) is 0 Å². The summed E-state index contributed by atoms with van der Waals surface area (Å²) in [7, 11) is 1.94. The van der Waals surface area contributed by atoms with Crippen molar-refractivity contribution in [3.05, 3.63) is 5.82 Å². The van der Waals surface area contributed by atoms with Crippen molar-refractivity contribution in [2.45, 2.75) is 31.0 Å². The van der Waals surface area contributed by atoms with Crippen molar-refractivity contribution in [2.24, 2.45) is 12.8 Å². The first-order valence-electron chi connectivity index (χ1n) is 4.85. The molecule has 0 saturated heterocycles. The zero-order valence-corrected chi connectivity index (χ0v) is 10.2. The SMILES string of the molecule is Cc1nnc(SCCC(C)(N)CO)n1C. The molecule has 0 aliphatic carbocycles. The molecule has 0 aliphatic rings. The number of aryl methyl sites for hydroxylation is 1. The van der Waals surface area contributed by atoms with Crippen LogP contribution in [0.1, 0.15) is 19.2 Å². The standard InChI is InChI=1S/C9H18N4OS/c1-7-11-12-8(13(7)3)15-5-4-9(2,10)6-14/h14H,4-6,10H2,1-3H3. The van der Waals surface area contributed by atoms with E-state index in [1.807, 2.05) is 25.5 Å². The normalized spacial score (nSPS) is 15.3. The fourth-order valence-electron chi connectivity index (χ4n) is 0.968. The summed E-state index contributed by atoms with van der Waals surface area (Å²) in [6.45, 7) is 3.76. The van der Waals surface area contributed by atoms with Crippen molar-refractivity contribution in [3.8, 4) is 0 Å². The van der Waals surface area contributed by atoms with E-state index in [-0.39, 0.29) is 6.61 Å². The lowest BCUT2D eigenvalue weighted by molar-refractivity contribution is 0.206. The Balaban J connectivity index is 2.42. The van der Waals surface area contributed by atoms with Crippen LogP contribution in [0.3, 0.4) is 0 Å². The first kappa shape index (κ1) is 12.5. The van der Waals surface area contributed by atoms with E-state index in [4.69, 9.17) is 10.8 Å². The van der Waals surface area contributed by atoms with Gasteiger partial charge in [-0.3, -0.25) is 0 Å². The second kappa shape index (κ2) is 4.96. The van der Waals surface area contributed by atoms with Crippen molar-refractivity contribution >= 4 is 11.8 Å². The molecule has 5 nitrogen and oxygen atoms in total. The first-order chi connectivity index (χ1) is 6.96. The van der Waals surface area contributed by atoms with E-state index in [0.29, 0.717) is 0 Å². The summed E-state index contributed by atoms with van der Waals surface area (Å²) in [5.74, 6) is 1.73. The molecule has 1 aromatic heterocycles. The highest BCUT2D eigenvalue weighted by Crippen LogP contribution is 2.18. The second-order valence-electron chi connectivity index (χ2n) is 4.00. The number of aromatic nitrogens is 3. The predicted molar refractivity (Wildman–Crippen MR) is 60.8 cm³/mol. The molecule has 86 valence electrons. The van der Waals surface area contributed by atoms with Gasteiger partial charge in [-0.2, -0.15) is 0 Å². The summed E-state index contributed by atoms with van der Waals surface area (Å²) in [4.78, 5) is 0. The lowest BCUT2D eigenvalue weighted by Gasteiger charge is -2.20. The molecular formula is C9H18N4OS. The second-order valence-corrected chi connectivity index (χ2v) is 5.06. The lowest BCUT2D eigenvalue weighted by atomic mass is 10.0. The fourth-order valence-corrected chi connectivity index (χ4v) is 2.14. The molecule has 6 heteroatoms. The van der Waals surface area contributed by atoms with Crippen LogP contribution in [-0.4, -0.2) is 37.8 Å². The van der Waals surface area contributed by atoms with Gasteiger partial charge in [0.25, 0.3) is 0 Å². The zero-order valence-electron chi connectivity index (χ0n) is 9.40. The minimum atomic E-state index is -0.499. The molecule has 0 aliphatic heterocycles. The summed E-state index contributed by atoms with van der Waals surface area (Å²) < 4.78 is 1.94. The Kier molecular flexibility index (Phi) is 4.12. The maximum absolute atomic E-state index is 8.98. The van der Waals surface area contributed by atoms with Gasteiger partial charge in [0.1, 0.15) is 5.82 Å². The molecule has 0 bridgehead atoms. The number of aliphatic hydroxyl groups excluding tert-OH is 1. The van der Waals surface area contributed by atoms with Gasteiger partial charge in [0.05, 0.1) is 6.61 Å². The molecule has 1 rings (SSSR count). The van der Waals surface area contributed by atoms with Gasteiger partial charge in [0.2, 0.25) is 0 Å². The van der Waals surface area contributed by atoms with Gasteiger partial charge in [-0.15, -0.1) is 10.2 Å². The van der Waals surface area contributed by atoms with Gasteiger partial charge < -0.3 is 15.4 Å². The molecule has 1 aromatic rings. The first-order valence-corrected chi connectivity index (χ1v) is 5.83. The number of hydrogen-bond donors (Lipinski definition) is 2. The molecule has 0 spiro atoms. The molecule has 0 aromatic carbocycles. The molecule has 1 atom stereocenters. The molecule has 0 radical (unpaired) electrons. The Morgan fingerprint density at radius 2 is 2.20 bits per heavy atom. The highest BCUT2D eigenvalue weighted by molar-refractivity contribution is 7.99. The van der Waals surface area contributed by atoms with E-state index in [2.05, 4.69) is 10.2 Å². The zero-order chi connectivity index (χ0) is 11.5. The Bertz CT molecular complexity index is 324. The average Bonchev–Trinajstić information content (AvgIpc) is 2.49. The topological polar surface area (TPSA) is 77.0 Å². The summed E-state index contributed by atoms with van der Waals surface area (Å²) in [6, 6.07) is 0. The Morgan fingerprint density at radius 3 is 2.67 bits per heavy atom. The molecule has 0 fully saturated rings. The number of rotatable bonds is 5. The van der Waals surface area contributed by atoms with E-state index in [1.165, 1.54) is 0 Å². The summed E-state index contributed by atoms with van der Waals surface area (Å²) >= 11 is 1.61. The number of aliphatic hydroxyl groups is 1. The van der Waals surface area contributed by atoms with Gasteiger partial charge >= 0.3 is 0 Å². The maximum Gasteiger partial charge on any atom is 0.190 e. The third kappa shape index (κ3) is 3.48. The van der Waals surface area contributed by atoms with Crippen LogP contribution in [0.15, 0.2) is 5.16 Å². The molecule has 3 N–H and O–H groups in total. The van der Waals surface area contributed by atoms with Crippen molar-refractivity contribution < 1.29 is 5.11 Å². The smallest absolute Gasteiger partial charge is 0.190 e. The van der Waals surface area contributed by atoms with Crippen LogP contribution < -0.4 is 5.73 Å². The summed E-state index contributed by atoms with van der Waals surface area (Å²) in [6.07, 6.45) is 0.750. The van der Waals surface area contributed by atoms with Crippen molar-refractivity contribution in [3.63, 3.8) is 0 Å². The Hall–Kier alpha value is -0.590. The number of nitrogens with zero attached hydrogens (tertiary/aromatic N) is 3. The molecule has 1 heterocycles. The van der Waals surface area contributed by atoms with Gasteiger partial charge in [0.15, 0.2) is 5.16 Å². The van der Waals surface area contributed by atoms with Crippen LogP contribution in [0, 0.1) is 6.92 Å². The summed E-state index contributed by atoms with van der Waals surface area (Å²) in [5.41, 5.74) is 5.32. The van der Waals surface area contributed by atoms with E-state index in [0.717, 1.165) is 23.2 Å². The molecular weight excluding hydrogens is 212 g/mol. The third-order valence-electron chi connectivity index (χ3n) is 2.32. The summed E-state index contributed by atoms with van der Waals surface area (Å²) in [5, 5.41) is 17.9. The van der Waals surface area contributed by atoms with Gasteiger partial charge in [0, 0.05) is 18.3 Å².